The SMILES string of the molecule is CC(CN1C=CC(C(=O)O)=C[C@H]1c1cnn2ccc(-c3cccs3)nc12)NCC(F)(F)F. The van der Waals surface area contributed by atoms with Crippen LogP contribution < -0.4 is 5.32 Å². The Labute approximate surface area is 185 Å². The molecule has 4 heterocycles. The fourth-order valence-corrected chi connectivity index (χ4v) is 4.20. The van der Waals surface area contributed by atoms with Crippen molar-refractivity contribution in [3.63, 3.8) is 0 Å². The van der Waals surface area contributed by atoms with Crippen LogP contribution in [0.15, 0.2) is 59.9 Å². The van der Waals surface area contributed by atoms with E-state index in [1.165, 1.54) is 6.08 Å². The summed E-state index contributed by atoms with van der Waals surface area (Å²) in [4.78, 5) is 19.1. The molecule has 0 radical (unpaired) electrons. The molecule has 0 amide bonds. The van der Waals surface area contributed by atoms with Crippen LogP contribution in [0, 0.1) is 0 Å². The highest BCUT2D eigenvalue weighted by Gasteiger charge is 2.30. The van der Waals surface area contributed by atoms with E-state index in [0.717, 1.165) is 10.6 Å². The summed E-state index contributed by atoms with van der Waals surface area (Å²) in [6, 6.07) is 4.67. The summed E-state index contributed by atoms with van der Waals surface area (Å²) < 4.78 is 39.3. The third kappa shape index (κ3) is 4.83. The summed E-state index contributed by atoms with van der Waals surface area (Å²) in [6.07, 6.45) is 3.67. The maximum Gasteiger partial charge on any atom is 0.401 e. The first kappa shape index (κ1) is 22.0. The van der Waals surface area contributed by atoms with Crippen molar-refractivity contribution in [2.75, 3.05) is 13.1 Å². The molecule has 0 saturated heterocycles. The lowest BCUT2D eigenvalue weighted by atomic mass is 10.0. The highest BCUT2D eigenvalue weighted by molar-refractivity contribution is 7.13. The molecule has 0 bridgehead atoms. The fourth-order valence-electron chi connectivity index (χ4n) is 3.50. The number of carbonyl (C=O) groups is 1. The van der Waals surface area contributed by atoms with E-state index in [1.807, 2.05) is 23.6 Å². The average Bonchev–Trinajstić information content (AvgIpc) is 3.41. The summed E-state index contributed by atoms with van der Waals surface area (Å²) >= 11 is 1.55. The zero-order chi connectivity index (χ0) is 22.9. The van der Waals surface area contributed by atoms with Crippen molar-refractivity contribution in [1.29, 1.82) is 0 Å². The highest BCUT2D eigenvalue weighted by atomic mass is 32.1. The lowest BCUT2D eigenvalue weighted by Crippen LogP contribution is -2.42. The van der Waals surface area contributed by atoms with Crippen molar-refractivity contribution in [3.05, 3.63) is 65.5 Å². The number of carboxylic acids is 1. The number of aromatic nitrogens is 3. The molecule has 0 fully saturated rings. The van der Waals surface area contributed by atoms with Gasteiger partial charge in [-0.05, 0) is 36.6 Å². The van der Waals surface area contributed by atoms with Gasteiger partial charge in [0.2, 0.25) is 0 Å². The molecule has 1 aliphatic rings. The molecule has 0 spiro atoms. The highest BCUT2D eigenvalue weighted by Crippen LogP contribution is 2.32. The molecule has 11 heteroatoms. The van der Waals surface area contributed by atoms with E-state index in [2.05, 4.69) is 10.4 Å². The van der Waals surface area contributed by atoms with E-state index in [1.54, 1.807) is 52.3 Å². The predicted molar refractivity (Wildman–Crippen MR) is 114 cm³/mol. The molecular formula is C21H20F3N5O2S. The number of carboxylic acid groups (broad SMARTS) is 1. The molecule has 2 N–H and O–H groups in total. The van der Waals surface area contributed by atoms with Crippen LogP contribution in [0.25, 0.3) is 16.2 Å². The Bertz CT molecular complexity index is 1170. The largest absolute Gasteiger partial charge is 0.478 e. The Kier molecular flexibility index (Phi) is 6.02. The minimum absolute atomic E-state index is 0.0934. The Morgan fingerprint density at radius 1 is 1.38 bits per heavy atom. The van der Waals surface area contributed by atoms with Crippen molar-refractivity contribution in [1.82, 2.24) is 24.8 Å². The van der Waals surface area contributed by atoms with Crippen molar-refractivity contribution < 1.29 is 23.1 Å². The third-order valence-corrected chi connectivity index (χ3v) is 5.90. The molecule has 0 aromatic carbocycles. The van der Waals surface area contributed by atoms with Crippen LogP contribution in [0.4, 0.5) is 13.2 Å². The summed E-state index contributed by atoms with van der Waals surface area (Å²) in [6.45, 7) is 0.772. The zero-order valence-electron chi connectivity index (χ0n) is 17.0. The van der Waals surface area contributed by atoms with Gasteiger partial charge in [0.15, 0.2) is 5.65 Å². The van der Waals surface area contributed by atoms with Gasteiger partial charge < -0.3 is 15.3 Å². The van der Waals surface area contributed by atoms with Gasteiger partial charge in [0.25, 0.3) is 0 Å². The number of alkyl halides is 3. The number of nitrogens with zero attached hydrogens (tertiary/aromatic N) is 4. The van der Waals surface area contributed by atoms with E-state index in [0.29, 0.717) is 11.2 Å². The molecule has 168 valence electrons. The topological polar surface area (TPSA) is 82.8 Å². The molecule has 3 aromatic rings. The molecule has 1 unspecified atom stereocenters. The van der Waals surface area contributed by atoms with Gasteiger partial charge in [-0.3, -0.25) is 0 Å². The van der Waals surface area contributed by atoms with Crippen LogP contribution >= 0.6 is 11.3 Å². The van der Waals surface area contributed by atoms with E-state index >= 15 is 0 Å². The molecule has 1 aliphatic heterocycles. The molecule has 0 aliphatic carbocycles. The normalized spacial score (nSPS) is 17.6. The summed E-state index contributed by atoms with van der Waals surface area (Å²) in [5.41, 5.74) is 2.07. The number of hydrogen-bond acceptors (Lipinski definition) is 6. The van der Waals surface area contributed by atoms with Gasteiger partial charge in [-0.2, -0.15) is 18.3 Å². The van der Waals surface area contributed by atoms with E-state index in [9.17, 15) is 23.1 Å². The third-order valence-electron chi connectivity index (χ3n) is 5.01. The van der Waals surface area contributed by atoms with Gasteiger partial charge in [0.05, 0.1) is 34.9 Å². The first-order valence-electron chi connectivity index (χ1n) is 9.78. The molecule has 7 nitrogen and oxygen atoms in total. The van der Waals surface area contributed by atoms with Gasteiger partial charge in [-0.25, -0.2) is 14.3 Å². The number of hydrogen-bond donors (Lipinski definition) is 2. The summed E-state index contributed by atoms with van der Waals surface area (Å²) in [5, 5.41) is 18.2. The van der Waals surface area contributed by atoms with Crippen LogP contribution in [0.1, 0.15) is 18.5 Å². The quantitative estimate of drug-likeness (QED) is 0.554. The molecule has 3 aromatic heterocycles. The van der Waals surface area contributed by atoms with E-state index < -0.39 is 30.8 Å². The second kappa shape index (κ2) is 8.75. The first-order valence-corrected chi connectivity index (χ1v) is 10.7. The van der Waals surface area contributed by atoms with Crippen molar-refractivity contribution in [2.24, 2.45) is 0 Å². The smallest absolute Gasteiger partial charge is 0.401 e. The minimum Gasteiger partial charge on any atom is -0.478 e. The maximum absolute atomic E-state index is 12.6. The standard InChI is InChI=1S/C21H20F3N5O2S/c1-13(25-12-21(22,23)24)11-28-6-4-14(20(30)31)9-17(28)15-10-26-29-7-5-16(27-19(15)29)18-3-2-8-32-18/h2-10,13,17,25H,11-12H2,1H3,(H,30,31)/t13?,17-/m0/s1. The maximum atomic E-state index is 12.6. The average molecular weight is 463 g/mol. The Hall–Kier alpha value is -3.18. The van der Waals surface area contributed by atoms with Crippen molar-refractivity contribution in [3.8, 4) is 10.6 Å². The number of rotatable bonds is 7. The van der Waals surface area contributed by atoms with Crippen LogP contribution in [-0.2, 0) is 4.79 Å². The second-order valence-electron chi connectivity index (χ2n) is 7.44. The van der Waals surface area contributed by atoms with Crippen LogP contribution in [-0.4, -0.2) is 55.9 Å². The minimum atomic E-state index is -4.31. The Morgan fingerprint density at radius 2 is 2.19 bits per heavy atom. The van der Waals surface area contributed by atoms with Gasteiger partial charge in [0.1, 0.15) is 0 Å². The number of halogens is 3. The molecule has 0 saturated carbocycles. The van der Waals surface area contributed by atoms with Crippen molar-refractivity contribution in [2.45, 2.75) is 25.2 Å². The van der Waals surface area contributed by atoms with Crippen molar-refractivity contribution >= 4 is 23.0 Å². The summed E-state index contributed by atoms with van der Waals surface area (Å²) in [7, 11) is 0. The molecular weight excluding hydrogens is 443 g/mol. The van der Waals surface area contributed by atoms with Crippen LogP contribution in [0.2, 0.25) is 0 Å². The number of aliphatic carboxylic acids is 1. The number of fused-ring (bicyclic) bond motifs is 1. The van der Waals surface area contributed by atoms with E-state index in [-0.39, 0.29) is 12.1 Å². The molecule has 4 rings (SSSR count). The van der Waals surface area contributed by atoms with Gasteiger partial charge in [0, 0.05) is 30.5 Å². The van der Waals surface area contributed by atoms with Crippen LogP contribution in [0.5, 0.6) is 0 Å². The number of thiophene rings is 1. The van der Waals surface area contributed by atoms with Gasteiger partial charge >= 0.3 is 12.1 Å². The lowest BCUT2D eigenvalue weighted by Gasteiger charge is -2.33. The Morgan fingerprint density at radius 3 is 2.88 bits per heavy atom. The molecule has 32 heavy (non-hydrogen) atoms. The van der Waals surface area contributed by atoms with Gasteiger partial charge in [-0.15, -0.1) is 11.3 Å². The van der Waals surface area contributed by atoms with Gasteiger partial charge in [-0.1, -0.05) is 6.07 Å². The second-order valence-corrected chi connectivity index (χ2v) is 8.39. The number of nitrogens with one attached hydrogen (secondary N) is 1. The summed E-state index contributed by atoms with van der Waals surface area (Å²) in [5.74, 6) is -1.09. The zero-order valence-corrected chi connectivity index (χ0v) is 17.8. The lowest BCUT2D eigenvalue weighted by molar-refractivity contribution is -0.132. The van der Waals surface area contributed by atoms with Crippen LogP contribution in [0.3, 0.4) is 0 Å². The van der Waals surface area contributed by atoms with E-state index in [4.69, 9.17) is 4.98 Å². The molecule has 2 atom stereocenters. The first-order chi connectivity index (χ1) is 15.2. The monoisotopic (exact) mass is 463 g/mol. The Balaban J connectivity index is 1.67. The predicted octanol–water partition coefficient (Wildman–Crippen LogP) is 3.88. The fraction of sp³-hybridized carbons (Fsp3) is 0.286.